The van der Waals surface area contributed by atoms with Crippen LogP contribution in [-0.4, -0.2) is 33.1 Å². The number of carbonyl (C=O) groups excluding carboxylic acids is 1. The van der Waals surface area contributed by atoms with E-state index >= 15 is 0 Å². The average Bonchev–Trinajstić information content (AvgIpc) is 3.11. The van der Waals surface area contributed by atoms with Crippen molar-refractivity contribution in [1.29, 1.82) is 0 Å². The number of halogens is 1. The molecule has 0 radical (unpaired) electrons. The number of fused-ring (bicyclic) bond motifs is 1. The molecule has 1 atom stereocenters. The van der Waals surface area contributed by atoms with Crippen molar-refractivity contribution in [1.82, 2.24) is 13.7 Å². The Morgan fingerprint density at radius 1 is 1.13 bits per heavy atom. The van der Waals surface area contributed by atoms with Crippen LogP contribution in [0.4, 0.5) is 5.82 Å². The Kier molecular flexibility index (Phi) is 5.79. The van der Waals surface area contributed by atoms with Gasteiger partial charge in [0.25, 0.3) is 5.56 Å². The van der Waals surface area contributed by atoms with E-state index < -0.39 is 11.2 Å². The summed E-state index contributed by atoms with van der Waals surface area (Å²) in [5.74, 6) is 1.22. The van der Waals surface area contributed by atoms with Gasteiger partial charge in [-0.1, -0.05) is 43.1 Å². The largest absolute Gasteiger partial charge is 0.357 e. The Hall–Kier alpha value is -2.80. The fraction of sp³-hybridized carbons (Fsp3) is 0.435. The van der Waals surface area contributed by atoms with E-state index in [-0.39, 0.29) is 0 Å². The van der Waals surface area contributed by atoms with Gasteiger partial charge in [-0.3, -0.25) is 18.7 Å². The number of hydrogen-bond donors (Lipinski definition) is 0. The van der Waals surface area contributed by atoms with Crippen molar-refractivity contribution in [2.45, 2.75) is 32.7 Å². The first kappa shape index (κ1) is 21.4. The van der Waals surface area contributed by atoms with E-state index in [0.29, 0.717) is 39.9 Å². The van der Waals surface area contributed by atoms with Crippen LogP contribution in [-0.2, 0) is 20.6 Å². The van der Waals surface area contributed by atoms with Crippen LogP contribution < -0.4 is 16.1 Å². The minimum atomic E-state index is -0.452. The predicted octanol–water partition coefficient (Wildman–Crippen LogP) is 3.18. The van der Waals surface area contributed by atoms with Gasteiger partial charge in [-0.25, -0.2) is 4.79 Å². The molecule has 3 heterocycles. The molecular weight excluding hydrogens is 416 g/mol. The van der Waals surface area contributed by atoms with Crippen molar-refractivity contribution in [2.75, 3.05) is 18.0 Å². The van der Waals surface area contributed by atoms with Gasteiger partial charge in [-0.05, 0) is 30.4 Å². The molecule has 31 heavy (non-hydrogen) atoms. The second-order valence-corrected chi connectivity index (χ2v) is 8.71. The highest BCUT2D eigenvalue weighted by molar-refractivity contribution is 6.31. The first-order valence-corrected chi connectivity index (χ1v) is 11.0. The standard InChI is InChI=1S/C23H27ClN4O3/c1-4-15-8-7-11-27(12-15)21-17(14-29)19-20(22(30)26(3)23(31)25(19)2)28(21)13-16-9-5-6-10-18(16)24/h5-6,9-10,14-15H,4,7-8,11-13H2,1-3H3/t15-/m1/s1. The summed E-state index contributed by atoms with van der Waals surface area (Å²) >= 11 is 6.44. The molecule has 0 N–H and O–H groups in total. The number of nitrogens with zero attached hydrogens (tertiary/aromatic N) is 4. The summed E-state index contributed by atoms with van der Waals surface area (Å²) < 4.78 is 4.36. The zero-order chi connectivity index (χ0) is 22.3. The average molecular weight is 443 g/mol. The summed E-state index contributed by atoms with van der Waals surface area (Å²) in [6, 6.07) is 7.48. The van der Waals surface area contributed by atoms with Crippen LogP contribution in [0.3, 0.4) is 0 Å². The van der Waals surface area contributed by atoms with Crippen LogP contribution in [0.15, 0.2) is 33.9 Å². The van der Waals surface area contributed by atoms with E-state index in [1.54, 1.807) is 7.05 Å². The lowest BCUT2D eigenvalue weighted by molar-refractivity contribution is 0.112. The zero-order valence-electron chi connectivity index (χ0n) is 18.1. The van der Waals surface area contributed by atoms with Crippen molar-refractivity contribution < 1.29 is 4.79 Å². The number of carbonyl (C=O) groups is 1. The van der Waals surface area contributed by atoms with E-state index in [2.05, 4.69) is 11.8 Å². The first-order chi connectivity index (χ1) is 14.9. The van der Waals surface area contributed by atoms with Crippen molar-refractivity contribution >= 4 is 34.7 Å². The Morgan fingerprint density at radius 2 is 1.87 bits per heavy atom. The van der Waals surface area contributed by atoms with E-state index in [1.807, 2.05) is 28.8 Å². The molecule has 1 aliphatic heterocycles. The predicted molar refractivity (Wildman–Crippen MR) is 124 cm³/mol. The fourth-order valence-corrected chi connectivity index (χ4v) is 4.92. The highest BCUT2D eigenvalue weighted by atomic mass is 35.5. The summed E-state index contributed by atoms with van der Waals surface area (Å²) in [4.78, 5) is 40.4. The molecule has 0 bridgehead atoms. The summed E-state index contributed by atoms with van der Waals surface area (Å²) in [6.07, 6.45) is 3.99. The number of aromatic nitrogens is 3. The number of benzene rings is 1. The lowest BCUT2D eigenvalue weighted by Crippen LogP contribution is -2.38. The van der Waals surface area contributed by atoms with Gasteiger partial charge < -0.3 is 9.47 Å². The van der Waals surface area contributed by atoms with Crippen molar-refractivity contribution in [3.63, 3.8) is 0 Å². The maximum atomic E-state index is 13.2. The molecule has 164 valence electrons. The van der Waals surface area contributed by atoms with Crippen LogP contribution >= 0.6 is 11.6 Å². The Morgan fingerprint density at radius 3 is 2.55 bits per heavy atom. The van der Waals surface area contributed by atoms with E-state index in [1.165, 1.54) is 11.6 Å². The Balaban J connectivity index is 2.07. The fourth-order valence-electron chi connectivity index (χ4n) is 4.73. The molecule has 1 aromatic carbocycles. The van der Waals surface area contributed by atoms with Crippen LogP contribution in [0.5, 0.6) is 0 Å². The normalized spacial score (nSPS) is 16.8. The zero-order valence-corrected chi connectivity index (χ0v) is 18.9. The molecule has 3 aromatic rings. The minimum absolute atomic E-state index is 0.333. The molecule has 7 nitrogen and oxygen atoms in total. The van der Waals surface area contributed by atoms with Crippen molar-refractivity contribution in [2.24, 2.45) is 20.0 Å². The molecule has 1 saturated heterocycles. The highest BCUT2D eigenvalue weighted by Gasteiger charge is 2.29. The van der Waals surface area contributed by atoms with Gasteiger partial charge in [0, 0.05) is 32.2 Å². The number of aryl methyl sites for hydroxylation is 1. The molecule has 8 heteroatoms. The quantitative estimate of drug-likeness (QED) is 0.569. The van der Waals surface area contributed by atoms with E-state index in [9.17, 15) is 14.4 Å². The van der Waals surface area contributed by atoms with Gasteiger partial charge in [0.1, 0.15) is 11.3 Å². The van der Waals surface area contributed by atoms with Crippen LogP contribution in [0.25, 0.3) is 11.0 Å². The van der Waals surface area contributed by atoms with Gasteiger partial charge in [-0.15, -0.1) is 0 Å². The van der Waals surface area contributed by atoms with Gasteiger partial charge in [-0.2, -0.15) is 0 Å². The third kappa shape index (κ3) is 3.51. The van der Waals surface area contributed by atoms with Crippen LogP contribution in [0.2, 0.25) is 5.02 Å². The summed E-state index contributed by atoms with van der Waals surface area (Å²) in [5.41, 5.74) is 1.09. The second-order valence-electron chi connectivity index (χ2n) is 8.30. The molecular formula is C23H27ClN4O3. The molecule has 0 saturated carbocycles. The lowest BCUT2D eigenvalue weighted by atomic mass is 9.95. The number of rotatable bonds is 5. The monoisotopic (exact) mass is 442 g/mol. The molecule has 1 aliphatic rings. The van der Waals surface area contributed by atoms with Gasteiger partial charge >= 0.3 is 5.69 Å². The third-order valence-corrected chi connectivity index (χ3v) is 6.83. The summed E-state index contributed by atoms with van der Waals surface area (Å²) in [7, 11) is 3.07. The second kappa shape index (κ2) is 8.38. The summed E-state index contributed by atoms with van der Waals surface area (Å²) in [6.45, 7) is 4.11. The number of anilines is 1. The van der Waals surface area contributed by atoms with Gasteiger partial charge in [0.15, 0.2) is 6.29 Å². The molecule has 0 spiro atoms. The van der Waals surface area contributed by atoms with Gasteiger partial charge in [0.2, 0.25) is 0 Å². The molecule has 1 fully saturated rings. The van der Waals surface area contributed by atoms with E-state index in [4.69, 9.17) is 11.6 Å². The third-order valence-electron chi connectivity index (χ3n) is 6.46. The first-order valence-electron chi connectivity index (χ1n) is 10.6. The van der Waals surface area contributed by atoms with E-state index in [0.717, 1.165) is 48.8 Å². The SMILES string of the molecule is CC[C@@H]1CCCN(c2c(C=O)c3c(c(=O)n(C)c(=O)n3C)n2Cc2ccccc2Cl)C1. The highest BCUT2D eigenvalue weighted by Crippen LogP contribution is 2.34. The molecule has 0 unspecified atom stereocenters. The molecule has 0 aliphatic carbocycles. The van der Waals surface area contributed by atoms with Crippen LogP contribution in [0, 0.1) is 5.92 Å². The van der Waals surface area contributed by atoms with Crippen LogP contribution in [0.1, 0.15) is 42.1 Å². The lowest BCUT2D eigenvalue weighted by Gasteiger charge is -2.35. The topological polar surface area (TPSA) is 69.2 Å². The maximum Gasteiger partial charge on any atom is 0.331 e. The maximum absolute atomic E-state index is 13.2. The molecule has 0 amide bonds. The number of hydrogen-bond acceptors (Lipinski definition) is 4. The smallest absolute Gasteiger partial charge is 0.331 e. The Bertz CT molecular complexity index is 1270. The van der Waals surface area contributed by atoms with Gasteiger partial charge in [0.05, 0.1) is 17.6 Å². The van der Waals surface area contributed by atoms with Crippen molar-refractivity contribution in [3.05, 3.63) is 61.3 Å². The molecule has 4 rings (SSSR count). The number of aldehydes is 1. The number of piperidine rings is 1. The molecule has 2 aromatic heterocycles. The summed E-state index contributed by atoms with van der Waals surface area (Å²) in [5, 5.41) is 0.592. The van der Waals surface area contributed by atoms with Crippen molar-refractivity contribution in [3.8, 4) is 0 Å². The minimum Gasteiger partial charge on any atom is -0.357 e. The Labute approximate surface area is 185 Å².